The predicted octanol–water partition coefficient (Wildman–Crippen LogP) is 3.51. The van der Waals surface area contributed by atoms with Crippen LogP contribution in [0.2, 0.25) is 0 Å². The first-order chi connectivity index (χ1) is 11.8. The van der Waals surface area contributed by atoms with Gasteiger partial charge in [0.15, 0.2) is 0 Å². The summed E-state index contributed by atoms with van der Waals surface area (Å²) < 4.78 is 0. The van der Waals surface area contributed by atoms with E-state index in [1.807, 2.05) is 31.4 Å². The number of carbonyl (C=O) groups is 2. The minimum Gasteiger partial charge on any atom is -0.352 e. The van der Waals surface area contributed by atoms with Gasteiger partial charge in [-0.15, -0.1) is 0 Å². The van der Waals surface area contributed by atoms with E-state index in [0.29, 0.717) is 12.8 Å². The molecule has 0 heterocycles. The highest BCUT2D eigenvalue weighted by molar-refractivity contribution is 7.98. The van der Waals surface area contributed by atoms with Crippen LogP contribution in [0.25, 0.3) is 0 Å². The second kappa shape index (κ2) is 10.5. The van der Waals surface area contributed by atoms with Crippen LogP contribution in [-0.4, -0.2) is 35.9 Å². The van der Waals surface area contributed by atoms with Crippen LogP contribution in [0.5, 0.6) is 0 Å². The van der Waals surface area contributed by atoms with Crippen LogP contribution in [0, 0.1) is 0 Å². The Bertz CT molecular complexity index is 546. The molecule has 0 bridgehead atoms. The summed E-state index contributed by atoms with van der Waals surface area (Å²) in [4.78, 5) is 24.3. The molecule has 4 nitrogen and oxygen atoms in total. The Morgan fingerprint density at radius 2 is 1.80 bits per heavy atom. The van der Waals surface area contributed by atoms with E-state index in [-0.39, 0.29) is 23.3 Å². The van der Waals surface area contributed by atoms with Crippen LogP contribution >= 0.6 is 11.8 Å². The summed E-state index contributed by atoms with van der Waals surface area (Å²) in [7, 11) is 0. The van der Waals surface area contributed by atoms with Crippen molar-refractivity contribution >= 4 is 23.6 Å². The SMILES string of the molecule is CCC(=O)N[C@@H](CCSC)C(=O)N[C@@H](C)CC(C)(C)c1ccccc1. The van der Waals surface area contributed by atoms with Crippen molar-refractivity contribution in [2.45, 2.75) is 64.5 Å². The monoisotopic (exact) mass is 364 g/mol. The fraction of sp³-hybridized carbons (Fsp3) is 0.600. The maximum Gasteiger partial charge on any atom is 0.242 e. The topological polar surface area (TPSA) is 58.2 Å². The zero-order valence-corrected chi connectivity index (χ0v) is 16.9. The van der Waals surface area contributed by atoms with Crippen molar-refractivity contribution in [3.63, 3.8) is 0 Å². The number of nitrogens with one attached hydrogen (secondary N) is 2. The third-order valence-electron chi connectivity index (χ3n) is 4.34. The van der Waals surface area contributed by atoms with Crippen molar-refractivity contribution in [1.29, 1.82) is 0 Å². The second-order valence-electron chi connectivity index (χ2n) is 7.12. The van der Waals surface area contributed by atoms with Crippen molar-refractivity contribution < 1.29 is 9.59 Å². The smallest absolute Gasteiger partial charge is 0.242 e. The molecule has 5 heteroatoms. The van der Waals surface area contributed by atoms with E-state index in [2.05, 4.69) is 36.6 Å². The summed E-state index contributed by atoms with van der Waals surface area (Å²) in [6, 6.07) is 9.91. The van der Waals surface area contributed by atoms with Crippen LogP contribution in [0.3, 0.4) is 0 Å². The van der Waals surface area contributed by atoms with Crippen molar-refractivity contribution in [2.24, 2.45) is 0 Å². The number of benzene rings is 1. The molecule has 0 fully saturated rings. The molecule has 0 aromatic heterocycles. The Morgan fingerprint density at radius 3 is 2.36 bits per heavy atom. The largest absolute Gasteiger partial charge is 0.352 e. The molecule has 1 aromatic carbocycles. The van der Waals surface area contributed by atoms with E-state index < -0.39 is 6.04 Å². The third-order valence-corrected chi connectivity index (χ3v) is 4.99. The number of rotatable bonds is 10. The lowest BCUT2D eigenvalue weighted by atomic mass is 9.79. The first-order valence-corrected chi connectivity index (χ1v) is 10.3. The van der Waals surface area contributed by atoms with Crippen LogP contribution in [0.15, 0.2) is 30.3 Å². The standard InChI is InChI=1S/C20H32N2O2S/c1-6-18(23)22-17(12-13-25-5)19(24)21-15(2)14-20(3,4)16-10-8-7-9-11-16/h7-11,15,17H,6,12-14H2,1-5H3,(H,21,24)(H,22,23)/t15-,17-/m0/s1. The van der Waals surface area contributed by atoms with Gasteiger partial charge in [-0.2, -0.15) is 11.8 Å². The van der Waals surface area contributed by atoms with Gasteiger partial charge in [-0.3, -0.25) is 9.59 Å². The highest BCUT2D eigenvalue weighted by atomic mass is 32.2. The molecule has 0 spiro atoms. The highest BCUT2D eigenvalue weighted by Crippen LogP contribution is 2.28. The molecule has 25 heavy (non-hydrogen) atoms. The number of thioether (sulfide) groups is 1. The van der Waals surface area contributed by atoms with Gasteiger partial charge in [0.1, 0.15) is 6.04 Å². The number of hydrogen-bond acceptors (Lipinski definition) is 3. The number of carbonyl (C=O) groups excluding carboxylic acids is 2. The fourth-order valence-corrected chi connectivity index (χ4v) is 3.44. The highest BCUT2D eigenvalue weighted by Gasteiger charge is 2.26. The average Bonchev–Trinajstić information content (AvgIpc) is 2.58. The maximum absolute atomic E-state index is 12.6. The quantitative estimate of drug-likeness (QED) is 0.668. The molecule has 2 atom stereocenters. The second-order valence-corrected chi connectivity index (χ2v) is 8.10. The van der Waals surface area contributed by atoms with Gasteiger partial charge in [-0.25, -0.2) is 0 Å². The van der Waals surface area contributed by atoms with Crippen molar-refractivity contribution in [3.8, 4) is 0 Å². The molecule has 2 N–H and O–H groups in total. The maximum atomic E-state index is 12.6. The summed E-state index contributed by atoms with van der Waals surface area (Å²) >= 11 is 1.68. The van der Waals surface area contributed by atoms with E-state index in [1.165, 1.54) is 5.56 Å². The minimum atomic E-state index is -0.456. The molecule has 0 aliphatic heterocycles. The normalized spacial score (nSPS) is 13.8. The van der Waals surface area contributed by atoms with Crippen molar-refractivity contribution in [2.75, 3.05) is 12.0 Å². The summed E-state index contributed by atoms with van der Waals surface area (Å²) in [5.41, 5.74) is 1.23. The van der Waals surface area contributed by atoms with Gasteiger partial charge < -0.3 is 10.6 Å². The van der Waals surface area contributed by atoms with Crippen LogP contribution in [0.4, 0.5) is 0 Å². The molecule has 0 aliphatic rings. The van der Waals surface area contributed by atoms with E-state index >= 15 is 0 Å². The minimum absolute atomic E-state index is 0.0259. The van der Waals surface area contributed by atoms with Crippen LogP contribution < -0.4 is 10.6 Å². The first kappa shape index (κ1) is 21.6. The Kier molecular flexibility index (Phi) is 9.04. The molecule has 1 rings (SSSR count). The zero-order valence-electron chi connectivity index (χ0n) is 16.1. The van der Waals surface area contributed by atoms with Gasteiger partial charge in [0.25, 0.3) is 0 Å². The van der Waals surface area contributed by atoms with Crippen molar-refractivity contribution in [1.82, 2.24) is 10.6 Å². The van der Waals surface area contributed by atoms with Gasteiger partial charge in [0, 0.05) is 12.5 Å². The number of hydrogen-bond donors (Lipinski definition) is 2. The Morgan fingerprint density at radius 1 is 1.16 bits per heavy atom. The fourth-order valence-electron chi connectivity index (χ4n) is 2.97. The van der Waals surface area contributed by atoms with Gasteiger partial charge in [-0.05, 0) is 42.8 Å². The van der Waals surface area contributed by atoms with E-state index in [4.69, 9.17) is 0 Å². The van der Waals surface area contributed by atoms with Gasteiger partial charge >= 0.3 is 0 Å². The molecule has 140 valence electrons. The Hall–Kier alpha value is -1.49. The molecule has 0 unspecified atom stereocenters. The summed E-state index contributed by atoms with van der Waals surface area (Å²) in [5, 5.41) is 5.92. The molecule has 0 saturated carbocycles. The lowest BCUT2D eigenvalue weighted by molar-refractivity contribution is -0.129. The summed E-state index contributed by atoms with van der Waals surface area (Å²) in [5.74, 6) is 0.664. The van der Waals surface area contributed by atoms with E-state index in [1.54, 1.807) is 18.7 Å². The van der Waals surface area contributed by atoms with Crippen LogP contribution in [-0.2, 0) is 15.0 Å². The molecule has 0 radical (unpaired) electrons. The van der Waals surface area contributed by atoms with E-state index in [0.717, 1.165) is 12.2 Å². The Balaban J connectivity index is 2.67. The average molecular weight is 365 g/mol. The number of amides is 2. The van der Waals surface area contributed by atoms with Gasteiger partial charge in [0.05, 0.1) is 0 Å². The molecule has 0 aliphatic carbocycles. The first-order valence-electron chi connectivity index (χ1n) is 8.94. The molecule has 1 aromatic rings. The molecular formula is C20H32N2O2S. The van der Waals surface area contributed by atoms with Gasteiger partial charge in [0.2, 0.25) is 11.8 Å². The van der Waals surface area contributed by atoms with Crippen molar-refractivity contribution in [3.05, 3.63) is 35.9 Å². The molecular weight excluding hydrogens is 332 g/mol. The zero-order chi connectivity index (χ0) is 18.9. The third kappa shape index (κ3) is 7.51. The van der Waals surface area contributed by atoms with Gasteiger partial charge in [-0.1, -0.05) is 51.1 Å². The van der Waals surface area contributed by atoms with E-state index in [9.17, 15) is 9.59 Å². The summed E-state index contributed by atoms with van der Waals surface area (Å²) in [6.07, 6.45) is 3.87. The van der Waals surface area contributed by atoms with Crippen LogP contribution in [0.1, 0.15) is 52.5 Å². The lowest BCUT2D eigenvalue weighted by Crippen LogP contribution is -2.50. The lowest BCUT2D eigenvalue weighted by Gasteiger charge is -2.30. The summed E-state index contributed by atoms with van der Waals surface area (Å²) in [6.45, 7) is 8.20. The molecule has 2 amide bonds. The predicted molar refractivity (Wildman–Crippen MR) is 107 cm³/mol. The molecule has 0 saturated heterocycles. The Labute approximate surface area is 156 Å².